The zero-order valence-electron chi connectivity index (χ0n) is 7.36. The highest BCUT2D eigenvalue weighted by Crippen LogP contribution is 2.19. The van der Waals surface area contributed by atoms with Crippen molar-refractivity contribution in [3.05, 3.63) is 33.8 Å². The van der Waals surface area contributed by atoms with E-state index in [1.807, 2.05) is 12.1 Å². The molecule has 0 unspecified atom stereocenters. The van der Waals surface area contributed by atoms with Gasteiger partial charge in [-0.05, 0) is 19.1 Å². The van der Waals surface area contributed by atoms with Gasteiger partial charge in [-0.15, -0.1) is 0 Å². The highest BCUT2D eigenvalue weighted by molar-refractivity contribution is 6.35. The summed E-state index contributed by atoms with van der Waals surface area (Å²) in [5.41, 5.74) is 1.14. The summed E-state index contributed by atoms with van der Waals surface area (Å²) in [5.74, 6) is 0. The van der Waals surface area contributed by atoms with Crippen LogP contribution in [0, 0.1) is 0 Å². The summed E-state index contributed by atoms with van der Waals surface area (Å²) < 4.78 is 0. The van der Waals surface area contributed by atoms with Crippen LogP contribution in [0.25, 0.3) is 0 Å². The lowest BCUT2D eigenvalue weighted by atomic mass is 10.2. The van der Waals surface area contributed by atoms with E-state index in [0.717, 1.165) is 23.7 Å². The number of benzene rings is 1. The Bertz CT molecular complexity index is 263. The molecular weight excluding hydrogens is 228 g/mol. The normalized spacial score (nSPS) is 9.46. The molecule has 0 radical (unpaired) electrons. The molecule has 4 heteroatoms. The van der Waals surface area contributed by atoms with E-state index in [4.69, 9.17) is 23.2 Å². The minimum absolute atomic E-state index is 0. The van der Waals surface area contributed by atoms with E-state index in [2.05, 4.69) is 12.2 Å². The van der Waals surface area contributed by atoms with Crippen LogP contribution in [-0.4, -0.2) is 6.54 Å². The van der Waals surface area contributed by atoms with Crippen molar-refractivity contribution < 1.29 is 17.7 Å². The van der Waals surface area contributed by atoms with Crippen molar-refractivity contribution in [2.24, 2.45) is 0 Å². The minimum atomic E-state index is 0. The maximum absolute atomic E-state index is 5.96. The van der Waals surface area contributed by atoms with Gasteiger partial charge in [-0.1, -0.05) is 29.3 Å². The lowest BCUT2D eigenvalue weighted by Gasteiger charge is -2.01. The fourth-order valence-corrected chi connectivity index (χ4v) is 1.47. The molecule has 0 fully saturated rings. The Labute approximate surface area is 94.8 Å². The number of hydrogen-bond donors (Lipinski definition) is 1. The molecule has 0 atom stereocenters. The Morgan fingerprint density at radius 3 is 2.54 bits per heavy atom. The summed E-state index contributed by atoms with van der Waals surface area (Å²) in [6, 6.07) is 5.62. The number of rotatable bonds is 3. The lowest BCUT2D eigenvalue weighted by Crippen LogP contribution is -3.00. The monoisotopic (exact) mass is 239 g/mol. The van der Waals surface area contributed by atoms with Gasteiger partial charge in [0.1, 0.15) is 6.54 Å². The van der Waals surface area contributed by atoms with Crippen LogP contribution < -0.4 is 17.7 Å². The van der Waals surface area contributed by atoms with Crippen LogP contribution >= 0.6 is 23.2 Å². The average molecular weight is 241 g/mol. The molecule has 0 bridgehead atoms. The first-order valence-electron chi connectivity index (χ1n) is 3.99. The minimum Gasteiger partial charge on any atom is -1.00 e. The highest BCUT2D eigenvalue weighted by Gasteiger charge is 2.01. The highest BCUT2D eigenvalue weighted by atomic mass is 35.5. The summed E-state index contributed by atoms with van der Waals surface area (Å²) in [4.78, 5) is 0. The van der Waals surface area contributed by atoms with Crippen LogP contribution in [0.2, 0.25) is 10.0 Å². The van der Waals surface area contributed by atoms with Crippen LogP contribution in [0.5, 0.6) is 0 Å². The molecule has 0 aliphatic heterocycles. The summed E-state index contributed by atoms with van der Waals surface area (Å²) in [5, 5.41) is 3.64. The standard InChI is InChI=1S/C9H11Cl2N.ClH/c1-2-12-6-7-3-4-8(10)5-9(7)11;/h3-5,12H,2,6H2,1H3;1H. The molecule has 0 heterocycles. The molecule has 0 aliphatic carbocycles. The predicted molar refractivity (Wildman–Crippen MR) is 52.6 cm³/mol. The second-order valence-corrected chi connectivity index (χ2v) is 3.48. The fraction of sp³-hybridized carbons (Fsp3) is 0.333. The molecule has 1 rings (SSSR count). The number of halogens is 3. The molecular formula is C9H12Cl3N. The van der Waals surface area contributed by atoms with Crippen LogP contribution in [0.15, 0.2) is 18.2 Å². The Kier molecular flexibility index (Phi) is 6.52. The molecule has 13 heavy (non-hydrogen) atoms. The SMILES string of the molecule is CC[NH2+]Cc1ccc(Cl)cc1Cl.[Cl-]. The zero-order chi connectivity index (χ0) is 8.97. The largest absolute Gasteiger partial charge is 1.00 e. The van der Waals surface area contributed by atoms with E-state index in [-0.39, 0.29) is 12.4 Å². The first kappa shape index (κ1) is 13.1. The van der Waals surface area contributed by atoms with Crippen LogP contribution in [-0.2, 0) is 6.54 Å². The Hall–Kier alpha value is 0.0500. The van der Waals surface area contributed by atoms with Gasteiger partial charge in [0.25, 0.3) is 0 Å². The van der Waals surface area contributed by atoms with Gasteiger partial charge < -0.3 is 17.7 Å². The maximum atomic E-state index is 5.96. The van der Waals surface area contributed by atoms with Gasteiger partial charge in [-0.3, -0.25) is 0 Å². The van der Waals surface area contributed by atoms with Crippen molar-refractivity contribution in [1.29, 1.82) is 0 Å². The smallest absolute Gasteiger partial charge is 0.103 e. The summed E-state index contributed by atoms with van der Waals surface area (Å²) in [7, 11) is 0. The van der Waals surface area contributed by atoms with Crippen molar-refractivity contribution in [3.63, 3.8) is 0 Å². The number of nitrogens with two attached hydrogens (primary N) is 1. The molecule has 0 spiro atoms. The third-order valence-corrected chi connectivity index (χ3v) is 2.25. The average Bonchev–Trinajstić information content (AvgIpc) is 2.03. The summed E-state index contributed by atoms with van der Waals surface area (Å²) >= 11 is 11.7. The second kappa shape index (κ2) is 6.50. The molecule has 1 aromatic carbocycles. The van der Waals surface area contributed by atoms with Crippen LogP contribution in [0.1, 0.15) is 12.5 Å². The molecule has 2 N–H and O–H groups in total. The number of hydrogen-bond acceptors (Lipinski definition) is 0. The van der Waals surface area contributed by atoms with E-state index in [1.54, 1.807) is 6.07 Å². The van der Waals surface area contributed by atoms with Gasteiger partial charge in [0.05, 0.1) is 11.6 Å². The lowest BCUT2D eigenvalue weighted by molar-refractivity contribution is -0.667. The fourth-order valence-electron chi connectivity index (χ4n) is 0.987. The Balaban J connectivity index is 0.00000144. The predicted octanol–water partition coefficient (Wildman–Crippen LogP) is -0.919. The molecule has 0 amide bonds. The van der Waals surface area contributed by atoms with Gasteiger partial charge in [0.15, 0.2) is 0 Å². The molecule has 74 valence electrons. The zero-order valence-corrected chi connectivity index (χ0v) is 9.63. The van der Waals surface area contributed by atoms with E-state index in [0.29, 0.717) is 5.02 Å². The van der Waals surface area contributed by atoms with Gasteiger partial charge in [0, 0.05) is 10.6 Å². The third-order valence-electron chi connectivity index (χ3n) is 1.67. The van der Waals surface area contributed by atoms with E-state index < -0.39 is 0 Å². The molecule has 0 saturated carbocycles. The second-order valence-electron chi connectivity index (χ2n) is 2.64. The first-order valence-corrected chi connectivity index (χ1v) is 4.75. The van der Waals surface area contributed by atoms with Gasteiger partial charge in [-0.2, -0.15) is 0 Å². The van der Waals surface area contributed by atoms with Crippen LogP contribution in [0.3, 0.4) is 0 Å². The first-order chi connectivity index (χ1) is 5.74. The Morgan fingerprint density at radius 1 is 1.31 bits per heavy atom. The van der Waals surface area contributed by atoms with Crippen molar-refractivity contribution in [3.8, 4) is 0 Å². The van der Waals surface area contributed by atoms with E-state index >= 15 is 0 Å². The van der Waals surface area contributed by atoms with Crippen molar-refractivity contribution in [2.45, 2.75) is 13.5 Å². The summed E-state index contributed by atoms with van der Waals surface area (Å²) in [6.07, 6.45) is 0. The van der Waals surface area contributed by atoms with Gasteiger partial charge >= 0.3 is 0 Å². The van der Waals surface area contributed by atoms with Gasteiger partial charge in [-0.25, -0.2) is 0 Å². The van der Waals surface area contributed by atoms with Crippen molar-refractivity contribution >= 4 is 23.2 Å². The van der Waals surface area contributed by atoms with Gasteiger partial charge in [0.2, 0.25) is 0 Å². The summed E-state index contributed by atoms with van der Waals surface area (Å²) in [6.45, 7) is 4.11. The topological polar surface area (TPSA) is 16.6 Å². The van der Waals surface area contributed by atoms with E-state index in [1.165, 1.54) is 0 Å². The Morgan fingerprint density at radius 2 is 2.00 bits per heavy atom. The third kappa shape index (κ3) is 4.19. The maximum Gasteiger partial charge on any atom is 0.103 e. The quantitative estimate of drug-likeness (QED) is 0.704. The van der Waals surface area contributed by atoms with Crippen molar-refractivity contribution in [1.82, 2.24) is 0 Å². The molecule has 0 saturated heterocycles. The molecule has 0 aliphatic rings. The van der Waals surface area contributed by atoms with Crippen LogP contribution in [0.4, 0.5) is 0 Å². The molecule has 1 nitrogen and oxygen atoms in total. The molecule has 1 aromatic rings. The van der Waals surface area contributed by atoms with Crippen molar-refractivity contribution in [2.75, 3.05) is 6.54 Å². The molecule has 0 aromatic heterocycles. The number of quaternary nitrogens is 1. The van der Waals surface area contributed by atoms with E-state index in [9.17, 15) is 0 Å².